The van der Waals surface area contributed by atoms with E-state index in [1.165, 1.54) is 0 Å². The van der Waals surface area contributed by atoms with Gasteiger partial charge in [-0.15, -0.1) is 0 Å². The first-order chi connectivity index (χ1) is 7.80. The summed E-state index contributed by atoms with van der Waals surface area (Å²) < 4.78 is 38.4. The second kappa shape index (κ2) is 3.34. The largest absolute Gasteiger partial charge is 0.477 e. The van der Waals surface area contributed by atoms with Crippen molar-refractivity contribution in [1.29, 1.82) is 0 Å². The summed E-state index contributed by atoms with van der Waals surface area (Å²) in [6.07, 6.45) is -3.77. The molecule has 9 heteroatoms. The molecule has 0 aliphatic rings. The second-order valence-corrected chi connectivity index (χ2v) is 3.16. The number of nitrogens with zero attached hydrogens (tertiary/aromatic N) is 3. The number of carbonyl (C=O) groups is 1. The van der Waals surface area contributed by atoms with Crippen LogP contribution in [-0.4, -0.2) is 25.7 Å². The summed E-state index contributed by atoms with van der Waals surface area (Å²) in [5.41, 5.74) is 2.91. The molecule has 6 nitrogen and oxygen atoms in total. The highest BCUT2D eigenvalue weighted by Crippen LogP contribution is 2.30. The molecule has 0 aromatic carbocycles. The molecule has 2 rings (SSSR count). The molecule has 0 unspecified atom stereocenters. The molecule has 2 heterocycles. The molecule has 0 radical (unpaired) electrons. The van der Waals surface area contributed by atoms with E-state index in [2.05, 4.69) is 10.1 Å². The summed E-state index contributed by atoms with van der Waals surface area (Å²) in [5.74, 6) is -1.57. The number of nitrogen functional groups attached to an aromatic ring is 1. The third-order valence-corrected chi connectivity index (χ3v) is 2.01. The molecule has 3 N–H and O–H groups in total. The predicted octanol–water partition coefficient (Wildman–Crippen LogP) is 1.03. The zero-order valence-corrected chi connectivity index (χ0v) is 8.06. The normalized spacial score (nSPS) is 11.9. The standard InChI is InChI=1S/C8H5F3N4O2/c9-8(10,11)5-1-4(7(16)17)14-6-3(12)2-13-15(5)6/h1-2H,12H2,(H,16,17). The maximum Gasteiger partial charge on any atom is 0.433 e. The molecule has 0 saturated heterocycles. The molecule has 0 fully saturated rings. The summed E-state index contributed by atoms with van der Waals surface area (Å²) in [4.78, 5) is 14.1. The van der Waals surface area contributed by atoms with Crippen molar-refractivity contribution in [2.45, 2.75) is 6.18 Å². The van der Waals surface area contributed by atoms with Crippen LogP contribution in [0.15, 0.2) is 12.3 Å². The molecule has 0 bridgehead atoms. The molecule has 0 amide bonds. The minimum absolute atomic E-state index is 0.126. The first-order valence-electron chi connectivity index (χ1n) is 4.25. The van der Waals surface area contributed by atoms with E-state index in [9.17, 15) is 18.0 Å². The number of carboxylic acids is 1. The van der Waals surface area contributed by atoms with Crippen LogP contribution in [0.2, 0.25) is 0 Å². The quantitative estimate of drug-likeness (QED) is 0.783. The SMILES string of the molecule is Nc1cnn2c(C(F)(F)F)cc(C(=O)O)nc12. The van der Waals surface area contributed by atoms with E-state index >= 15 is 0 Å². The zero-order valence-electron chi connectivity index (χ0n) is 8.06. The highest BCUT2D eigenvalue weighted by molar-refractivity contribution is 5.86. The number of anilines is 1. The van der Waals surface area contributed by atoms with E-state index in [4.69, 9.17) is 10.8 Å². The van der Waals surface area contributed by atoms with Crippen molar-refractivity contribution < 1.29 is 23.1 Å². The molecular formula is C8H5F3N4O2. The van der Waals surface area contributed by atoms with Crippen LogP contribution in [0, 0.1) is 0 Å². The number of nitrogens with two attached hydrogens (primary N) is 1. The molecule has 0 spiro atoms. The number of carboxylic acid groups (broad SMARTS) is 1. The fraction of sp³-hybridized carbons (Fsp3) is 0.125. The van der Waals surface area contributed by atoms with Crippen molar-refractivity contribution in [2.75, 3.05) is 5.73 Å². The van der Waals surface area contributed by atoms with Crippen LogP contribution in [0.25, 0.3) is 5.65 Å². The fourth-order valence-electron chi connectivity index (χ4n) is 1.29. The highest BCUT2D eigenvalue weighted by Gasteiger charge is 2.36. The molecule has 0 saturated carbocycles. The predicted molar refractivity (Wildman–Crippen MR) is 49.4 cm³/mol. The monoisotopic (exact) mass is 246 g/mol. The maximum atomic E-state index is 12.6. The molecule has 0 atom stereocenters. The van der Waals surface area contributed by atoms with Crippen molar-refractivity contribution in [1.82, 2.24) is 14.6 Å². The van der Waals surface area contributed by atoms with Crippen molar-refractivity contribution in [3.63, 3.8) is 0 Å². The lowest BCUT2D eigenvalue weighted by atomic mass is 10.3. The van der Waals surface area contributed by atoms with Gasteiger partial charge in [0.15, 0.2) is 17.0 Å². The van der Waals surface area contributed by atoms with E-state index in [1.54, 1.807) is 0 Å². The van der Waals surface area contributed by atoms with Gasteiger partial charge in [0.25, 0.3) is 0 Å². The Labute approximate surface area is 91.5 Å². The Kier molecular flexibility index (Phi) is 2.19. The van der Waals surface area contributed by atoms with E-state index in [0.717, 1.165) is 6.20 Å². The average molecular weight is 246 g/mol. The van der Waals surface area contributed by atoms with Gasteiger partial charge in [0.05, 0.1) is 11.9 Å². The molecule has 0 aliphatic heterocycles. The van der Waals surface area contributed by atoms with Gasteiger partial charge in [0.1, 0.15) is 0 Å². The maximum absolute atomic E-state index is 12.6. The van der Waals surface area contributed by atoms with Gasteiger partial charge in [-0.3, -0.25) is 0 Å². The Bertz CT molecular complexity index is 605. The van der Waals surface area contributed by atoms with Crippen molar-refractivity contribution >= 4 is 17.3 Å². The Balaban J connectivity index is 2.85. The minimum atomic E-state index is -4.75. The summed E-state index contributed by atoms with van der Waals surface area (Å²) in [5, 5.41) is 12.1. The Morgan fingerprint density at radius 2 is 2.12 bits per heavy atom. The van der Waals surface area contributed by atoms with Crippen LogP contribution < -0.4 is 5.73 Å². The lowest BCUT2D eigenvalue weighted by molar-refractivity contribution is -0.142. The minimum Gasteiger partial charge on any atom is -0.477 e. The summed E-state index contributed by atoms with van der Waals surface area (Å²) in [6, 6.07) is 0.405. The van der Waals surface area contributed by atoms with Crippen LogP contribution >= 0.6 is 0 Å². The summed E-state index contributed by atoms with van der Waals surface area (Å²) in [6.45, 7) is 0. The van der Waals surface area contributed by atoms with Gasteiger partial charge in [-0.1, -0.05) is 0 Å². The van der Waals surface area contributed by atoms with Crippen molar-refractivity contribution in [3.8, 4) is 0 Å². The number of fused-ring (bicyclic) bond motifs is 1. The van der Waals surface area contributed by atoms with Crippen LogP contribution in [0.4, 0.5) is 18.9 Å². The van der Waals surface area contributed by atoms with Gasteiger partial charge >= 0.3 is 12.1 Å². The van der Waals surface area contributed by atoms with Gasteiger partial charge < -0.3 is 10.8 Å². The number of rotatable bonds is 1. The summed E-state index contributed by atoms with van der Waals surface area (Å²) >= 11 is 0. The third-order valence-electron chi connectivity index (χ3n) is 2.01. The van der Waals surface area contributed by atoms with E-state index in [-0.39, 0.29) is 11.3 Å². The lowest BCUT2D eigenvalue weighted by Gasteiger charge is -2.09. The van der Waals surface area contributed by atoms with Crippen LogP contribution in [-0.2, 0) is 6.18 Å². The fourth-order valence-corrected chi connectivity index (χ4v) is 1.29. The first-order valence-corrected chi connectivity index (χ1v) is 4.25. The van der Waals surface area contributed by atoms with E-state index < -0.39 is 23.5 Å². The van der Waals surface area contributed by atoms with Crippen LogP contribution in [0.1, 0.15) is 16.2 Å². The van der Waals surface area contributed by atoms with Gasteiger partial charge in [0.2, 0.25) is 0 Å². The Morgan fingerprint density at radius 3 is 2.65 bits per heavy atom. The summed E-state index contributed by atoms with van der Waals surface area (Å²) in [7, 11) is 0. The molecule has 2 aromatic rings. The van der Waals surface area contributed by atoms with Crippen molar-refractivity contribution in [3.05, 3.63) is 23.7 Å². The zero-order chi connectivity index (χ0) is 12.8. The Hall–Kier alpha value is -2.32. The van der Waals surface area contributed by atoms with Gasteiger partial charge in [-0.25, -0.2) is 14.3 Å². The van der Waals surface area contributed by atoms with Gasteiger partial charge in [-0.05, 0) is 0 Å². The van der Waals surface area contributed by atoms with Gasteiger partial charge in [0, 0.05) is 6.07 Å². The second-order valence-electron chi connectivity index (χ2n) is 3.16. The van der Waals surface area contributed by atoms with Crippen molar-refractivity contribution in [2.24, 2.45) is 0 Å². The van der Waals surface area contributed by atoms with E-state index in [1.807, 2.05) is 0 Å². The molecule has 90 valence electrons. The molecule has 0 aliphatic carbocycles. The number of aromatic carboxylic acids is 1. The first kappa shape index (κ1) is 11.2. The number of hydrogen-bond acceptors (Lipinski definition) is 4. The van der Waals surface area contributed by atoms with Crippen LogP contribution in [0.5, 0.6) is 0 Å². The number of aromatic nitrogens is 3. The molecular weight excluding hydrogens is 241 g/mol. The van der Waals surface area contributed by atoms with Gasteiger partial charge in [-0.2, -0.15) is 18.3 Å². The van der Waals surface area contributed by atoms with Crippen LogP contribution in [0.3, 0.4) is 0 Å². The number of hydrogen-bond donors (Lipinski definition) is 2. The highest BCUT2D eigenvalue weighted by atomic mass is 19.4. The number of halogens is 3. The van der Waals surface area contributed by atoms with E-state index in [0.29, 0.717) is 10.6 Å². The lowest BCUT2D eigenvalue weighted by Crippen LogP contribution is -2.16. The third kappa shape index (κ3) is 1.75. The Morgan fingerprint density at radius 1 is 1.47 bits per heavy atom. The molecule has 17 heavy (non-hydrogen) atoms. The number of alkyl halides is 3. The average Bonchev–Trinajstić information content (AvgIpc) is 2.58. The topological polar surface area (TPSA) is 93.5 Å². The smallest absolute Gasteiger partial charge is 0.433 e. The molecule has 2 aromatic heterocycles.